The van der Waals surface area contributed by atoms with E-state index in [4.69, 9.17) is 15.3 Å². The lowest BCUT2D eigenvalue weighted by Crippen LogP contribution is -2.51. The molecule has 0 unspecified atom stereocenters. The Kier molecular flexibility index (Phi) is 7.35. The molecule has 0 amide bonds. The third-order valence-electron chi connectivity index (χ3n) is 2.16. The molecule has 7 heteroatoms. The van der Waals surface area contributed by atoms with E-state index in [9.17, 15) is 14.7 Å². The quantitative estimate of drug-likeness (QED) is 0.477. The Morgan fingerprint density at radius 2 is 1.63 bits per heavy atom. The summed E-state index contributed by atoms with van der Waals surface area (Å²) in [5, 5.41) is 34.1. The Balaban J connectivity index is 0.000000342. The summed E-state index contributed by atoms with van der Waals surface area (Å²) in [6, 6.07) is 10.7. The van der Waals surface area contributed by atoms with E-state index in [2.05, 4.69) is 24.8 Å². The average Bonchev–Trinajstić information content (AvgIpc) is 2.38. The number of aliphatic hydroxyl groups excluding tert-OH is 2. The fourth-order valence-corrected chi connectivity index (χ4v) is 1.05. The lowest BCUT2D eigenvalue weighted by Gasteiger charge is -2.13. The zero-order valence-electron chi connectivity index (χ0n) is 10.4. The van der Waals surface area contributed by atoms with E-state index in [0.29, 0.717) is 6.04 Å². The number of hydrogen-bond acceptors (Lipinski definition) is 5. The number of quaternary nitrogens is 1. The highest BCUT2D eigenvalue weighted by Gasteiger charge is 2.23. The second-order valence-corrected chi connectivity index (χ2v) is 3.86. The number of aliphatic hydroxyl groups is 2. The molecular weight excluding hydrogens is 254 g/mol. The third kappa shape index (κ3) is 6.51. The molecule has 6 N–H and O–H groups in total. The Morgan fingerprint density at radius 3 is 1.84 bits per heavy atom. The molecule has 0 spiro atoms. The molecule has 7 nitrogen and oxygen atoms in total. The van der Waals surface area contributed by atoms with E-state index < -0.39 is 24.1 Å². The summed E-state index contributed by atoms with van der Waals surface area (Å²) < 4.78 is 0. The largest absolute Gasteiger partial charge is 0.547 e. The SMILES string of the molecule is C[C@H]([NH3+])c1ccccc1.O=C([O-])[C@H](O)[C@@H](O)C(=O)O. The summed E-state index contributed by atoms with van der Waals surface area (Å²) in [4.78, 5) is 19.4. The van der Waals surface area contributed by atoms with Crippen LogP contribution in [0.5, 0.6) is 0 Å². The summed E-state index contributed by atoms with van der Waals surface area (Å²) in [7, 11) is 0. The van der Waals surface area contributed by atoms with Crippen LogP contribution in [0, 0.1) is 0 Å². The Labute approximate surface area is 109 Å². The lowest BCUT2D eigenvalue weighted by atomic mass is 10.1. The van der Waals surface area contributed by atoms with Crippen molar-refractivity contribution in [2.24, 2.45) is 0 Å². The standard InChI is InChI=1S/C8H11N.C4H6O6/c1-7(9)8-5-3-2-4-6-8;5-1(3(7)8)2(6)4(9)10/h2-7H,9H2,1H3;1-2,5-6H,(H,7,8)(H,9,10)/t7-;1-,2-/m01/s1. The lowest BCUT2D eigenvalue weighted by molar-refractivity contribution is -0.420. The average molecular weight is 271 g/mol. The van der Waals surface area contributed by atoms with Crippen LogP contribution in [-0.4, -0.2) is 39.5 Å². The summed E-state index contributed by atoms with van der Waals surface area (Å²) in [5.74, 6) is -3.83. The Bertz CT molecular complexity index is 388. The van der Waals surface area contributed by atoms with E-state index in [-0.39, 0.29) is 0 Å². The smallest absolute Gasteiger partial charge is 0.335 e. The number of carbonyl (C=O) groups excluding carboxylic acids is 1. The van der Waals surface area contributed by atoms with E-state index in [1.165, 1.54) is 5.56 Å². The number of aliphatic carboxylic acids is 2. The van der Waals surface area contributed by atoms with Crippen LogP contribution in [0.25, 0.3) is 0 Å². The van der Waals surface area contributed by atoms with Crippen LogP contribution < -0.4 is 10.8 Å². The number of rotatable bonds is 4. The zero-order valence-corrected chi connectivity index (χ0v) is 10.4. The van der Waals surface area contributed by atoms with Crippen molar-refractivity contribution in [1.82, 2.24) is 0 Å². The molecule has 3 atom stereocenters. The minimum Gasteiger partial charge on any atom is -0.547 e. The maximum atomic E-state index is 9.74. The molecule has 1 aromatic rings. The maximum Gasteiger partial charge on any atom is 0.335 e. The molecule has 0 saturated heterocycles. The summed E-state index contributed by atoms with van der Waals surface area (Å²) in [6.45, 7) is 2.09. The minimum atomic E-state index is -2.38. The normalized spacial score (nSPS) is 14.5. The first-order chi connectivity index (χ1) is 8.77. The van der Waals surface area contributed by atoms with Crippen LogP contribution in [0.3, 0.4) is 0 Å². The van der Waals surface area contributed by atoms with Crippen molar-refractivity contribution in [1.29, 1.82) is 0 Å². The van der Waals surface area contributed by atoms with Gasteiger partial charge >= 0.3 is 5.97 Å². The van der Waals surface area contributed by atoms with Gasteiger partial charge in [-0.2, -0.15) is 0 Å². The van der Waals surface area contributed by atoms with Crippen molar-refractivity contribution >= 4 is 11.9 Å². The fourth-order valence-electron chi connectivity index (χ4n) is 1.05. The molecule has 0 aromatic heterocycles. The van der Waals surface area contributed by atoms with Gasteiger partial charge in [0.2, 0.25) is 0 Å². The second kappa shape index (κ2) is 8.20. The highest BCUT2D eigenvalue weighted by molar-refractivity contribution is 5.81. The third-order valence-corrected chi connectivity index (χ3v) is 2.16. The van der Waals surface area contributed by atoms with E-state index in [0.717, 1.165) is 0 Å². The minimum absolute atomic E-state index is 0.409. The molecule has 0 radical (unpaired) electrons. The first-order valence-electron chi connectivity index (χ1n) is 5.45. The number of benzene rings is 1. The van der Waals surface area contributed by atoms with Gasteiger partial charge < -0.3 is 31.0 Å². The Hall–Kier alpha value is -1.96. The first kappa shape index (κ1) is 17.0. The number of hydrogen-bond donors (Lipinski definition) is 4. The van der Waals surface area contributed by atoms with Crippen molar-refractivity contribution in [2.75, 3.05) is 0 Å². The van der Waals surface area contributed by atoms with Gasteiger partial charge in [-0.25, -0.2) is 4.79 Å². The number of carbonyl (C=O) groups is 2. The molecule has 0 aliphatic heterocycles. The summed E-state index contributed by atoms with van der Waals surface area (Å²) in [6.07, 6.45) is -4.71. The highest BCUT2D eigenvalue weighted by atomic mass is 16.4. The summed E-state index contributed by atoms with van der Waals surface area (Å²) in [5.41, 5.74) is 5.21. The Morgan fingerprint density at radius 1 is 1.16 bits per heavy atom. The van der Waals surface area contributed by atoms with Crippen molar-refractivity contribution < 1.29 is 35.7 Å². The van der Waals surface area contributed by atoms with Gasteiger partial charge in [-0.1, -0.05) is 30.3 Å². The maximum absolute atomic E-state index is 9.74. The molecule has 19 heavy (non-hydrogen) atoms. The number of carboxylic acid groups (broad SMARTS) is 2. The van der Waals surface area contributed by atoms with Crippen LogP contribution in [0.15, 0.2) is 30.3 Å². The van der Waals surface area contributed by atoms with Crippen molar-refractivity contribution in [3.63, 3.8) is 0 Å². The fraction of sp³-hybridized carbons (Fsp3) is 0.333. The predicted octanol–water partition coefficient (Wildman–Crippen LogP) is -2.47. The van der Waals surface area contributed by atoms with Crippen LogP contribution in [0.1, 0.15) is 18.5 Å². The topological polar surface area (TPSA) is 146 Å². The zero-order chi connectivity index (χ0) is 15.0. The van der Waals surface area contributed by atoms with Crippen LogP contribution in [0.4, 0.5) is 0 Å². The van der Waals surface area contributed by atoms with E-state index in [1.54, 1.807) is 0 Å². The molecule has 1 rings (SSSR count). The van der Waals surface area contributed by atoms with Crippen molar-refractivity contribution in [3.05, 3.63) is 35.9 Å². The molecule has 106 valence electrons. The van der Waals surface area contributed by atoms with Gasteiger partial charge in [-0.05, 0) is 6.92 Å². The monoisotopic (exact) mass is 271 g/mol. The molecule has 0 bridgehead atoms. The van der Waals surface area contributed by atoms with Gasteiger partial charge in [0.25, 0.3) is 0 Å². The molecule has 1 aromatic carbocycles. The molecular formula is C12H17NO6. The molecule has 0 saturated carbocycles. The first-order valence-corrected chi connectivity index (χ1v) is 5.45. The van der Waals surface area contributed by atoms with E-state index >= 15 is 0 Å². The van der Waals surface area contributed by atoms with Gasteiger partial charge in [0, 0.05) is 5.56 Å². The van der Waals surface area contributed by atoms with Crippen molar-refractivity contribution in [2.45, 2.75) is 25.2 Å². The van der Waals surface area contributed by atoms with Crippen LogP contribution in [-0.2, 0) is 9.59 Å². The van der Waals surface area contributed by atoms with Crippen LogP contribution >= 0.6 is 0 Å². The van der Waals surface area contributed by atoms with Crippen LogP contribution in [0.2, 0.25) is 0 Å². The molecule has 0 aliphatic rings. The van der Waals surface area contributed by atoms with Gasteiger partial charge in [0.15, 0.2) is 6.10 Å². The highest BCUT2D eigenvalue weighted by Crippen LogP contribution is 2.04. The van der Waals surface area contributed by atoms with E-state index in [1.807, 2.05) is 18.2 Å². The van der Waals surface area contributed by atoms with Gasteiger partial charge in [-0.3, -0.25) is 0 Å². The van der Waals surface area contributed by atoms with Gasteiger partial charge in [0.1, 0.15) is 12.1 Å². The molecule has 0 fully saturated rings. The predicted molar refractivity (Wildman–Crippen MR) is 62.4 cm³/mol. The molecule has 0 aliphatic carbocycles. The molecule has 0 heterocycles. The summed E-state index contributed by atoms with van der Waals surface area (Å²) >= 11 is 0. The van der Waals surface area contributed by atoms with Gasteiger partial charge in [0.05, 0.1) is 5.97 Å². The van der Waals surface area contributed by atoms with Gasteiger partial charge in [-0.15, -0.1) is 0 Å². The second-order valence-electron chi connectivity index (χ2n) is 3.86. The number of carboxylic acids is 2. The van der Waals surface area contributed by atoms with Crippen molar-refractivity contribution in [3.8, 4) is 0 Å².